The van der Waals surface area contributed by atoms with Crippen molar-refractivity contribution in [1.82, 2.24) is 15.1 Å². The SMILES string of the molecule is Cc1nn(-c2ccccc2)cc1CNCC(CCO)c1ccccc1. The van der Waals surface area contributed by atoms with Gasteiger partial charge in [0.05, 0.1) is 11.4 Å². The monoisotopic (exact) mass is 335 g/mol. The summed E-state index contributed by atoms with van der Waals surface area (Å²) in [6.07, 6.45) is 2.85. The van der Waals surface area contributed by atoms with Gasteiger partial charge in [-0.2, -0.15) is 5.10 Å². The maximum absolute atomic E-state index is 9.35. The zero-order valence-electron chi connectivity index (χ0n) is 14.6. The lowest BCUT2D eigenvalue weighted by atomic mass is 9.96. The molecule has 0 saturated heterocycles. The van der Waals surface area contributed by atoms with Crippen molar-refractivity contribution in [3.63, 3.8) is 0 Å². The van der Waals surface area contributed by atoms with Crippen LogP contribution in [-0.2, 0) is 6.54 Å². The van der Waals surface area contributed by atoms with Gasteiger partial charge >= 0.3 is 0 Å². The Balaban J connectivity index is 1.62. The highest BCUT2D eigenvalue weighted by atomic mass is 16.3. The van der Waals surface area contributed by atoms with Crippen molar-refractivity contribution >= 4 is 0 Å². The van der Waals surface area contributed by atoms with Gasteiger partial charge in [0, 0.05) is 31.5 Å². The van der Waals surface area contributed by atoms with Crippen molar-refractivity contribution in [2.45, 2.75) is 25.8 Å². The minimum atomic E-state index is 0.201. The predicted molar refractivity (Wildman–Crippen MR) is 101 cm³/mol. The van der Waals surface area contributed by atoms with E-state index >= 15 is 0 Å². The molecule has 1 heterocycles. The molecular formula is C21H25N3O. The molecule has 0 fully saturated rings. The summed E-state index contributed by atoms with van der Waals surface area (Å²) < 4.78 is 1.93. The Morgan fingerprint density at radius 3 is 2.40 bits per heavy atom. The van der Waals surface area contributed by atoms with Crippen LogP contribution in [0.25, 0.3) is 5.69 Å². The second kappa shape index (κ2) is 8.60. The van der Waals surface area contributed by atoms with Gasteiger partial charge in [-0.25, -0.2) is 4.68 Å². The molecule has 0 aliphatic rings. The molecule has 0 bridgehead atoms. The summed E-state index contributed by atoms with van der Waals surface area (Å²) in [5, 5.41) is 17.5. The van der Waals surface area contributed by atoms with Gasteiger partial charge in [0.15, 0.2) is 0 Å². The highest BCUT2D eigenvalue weighted by Gasteiger charge is 2.11. The number of hydrogen-bond donors (Lipinski definition) is 2. The molecule has 1 aromatic heterocycles. The van der Waals surface area contributed by atoms with Crippen molar-refractivity contribution in [2.24, 2.45) is 0 Å². The van der Waals surface area contributed by atoms with E-state index < -0.39 is 0 Å². The lowest BCUT2D eigenvalue weighted by Crippen LogP contribution is -2.22. The molecule has 3 rings (SSSR count). The standard InChI is InChI=1S/C21H25N3O/c1-17-20(16-24(23-17)21-10-6-3-7-11-21)15-22-14-19(12-13-25)18-8-4-2-5-9-18/h2-11,16,19,22,25H,12-15H2,1H3. The van der Waals surface area contributed by atoms with Gasteiger partial charge in [-0.15, -0.1) is 0 Å². The molecule has 0 radical (unpaired) electrons. The summed E-state index contributed by atoms with van der Waals surface area (Å²) in [4.78, 5) is 0. The quantitative estimate of drug-likeness (QED) is 0.663. The van der Waals surface area contributed by atoms with Crippen molar-refractivity contribution in [3.05, 3.63) is 83.7 Å². The Hall–Kier alpha value is -2.43. The lowest BCUT2D eigenvalue weighted by Gasteiger charge is -2.17. The van der Waals surface area contributed by atoms with Crippen LogP contribution < -0.4 is 5.32 Å². The van der Waals surface area contributed by atoms with Crippen LogP contribution in [0.3, 0.4) is 0 Å². The van der Waals surface area contributed by atoms with Crippen LogP contribution in [0.4, 0.5) is 0 Å². The van der Waals surface area contributed by atoms with Gasteiger partial charge in [-0.05, 0) is 37.0 Å². The maximum atomic E-state index is 9.35. The van der Waals surface area contributed by atoms with Gasteiger partial charge < -0.3 is 10.4 Å². The first kappa shape index (κ1) is 17.4. The first-order chi connectivity index (χ1) is 12.3. The van der Waals surface area contributed by atoms with Gasteiger partial charge in [-0.1, -0.05) is 48.5 Å². The topological polar surface area (TPSA) is 50.1 Å². The van der Waals surface area contributed by atoms with Crippen LogP contribution in [0, 0.1) is 6.92 Å². The molecule has 4 nitrogen and oxygen atoms in total. The van der Waals surface area contributed by atoms with Crippen LogP contribution in [0.2, 0.25) is 0 Å². The zero-order chi connectivity index (χ0) is 17.5. The van der Waals surface area contributed by atoms with E-state index in [2.05, 4.69) is 40.9 Å². The molecule has 130 valence electrons. The van der Waals surface area contributed by atoms with E-state index in [1.54, 1.807) is 0 Å². The average molecular weight is 335 g/mol. The van der Waals surface area contributed by atoms with E-state index in [0.717, 1.165) is 30.9 Å². The fraction of sp³-hybridized carbons (Fsp3) is 0.286. The number of aromatic nitrogens is 2. The van der Waals surface area contributed by atoms with Gasteiger partial charge in [0.25, 0.3) is 0 Å². The highest BCUT2D eigenvalue weighted by Crippen LogP contribution is 2.18. The van der Waals surface area contributed by atoms with Crippen molar-refractivity contribution in [2.75, 3.05) is 13.2 Å². The number of nitrogens with zero attached hydrogens (tertiary/aromatic N) is 2. The third-order valence-electron chi connectivity index (χ3n) is 4.48. The molecule has 2 aromatic carbocycles. The van der Waals surface area contributed by atoms with Gasteiger partial charge in [-0.3, -0.25) is 0 Å². The molecule has 0 saturated carbocycles. The predicted octanol–water partition coefficient (Wildman–Crippen LogP) is 3.44. The van der Waals surface area contributed by atoms with E-state index in [-0.39, 0.29) is 6.61 Å². The Labute approximate surface area is 149 Å². The molecule has 1 atom stereocenters. The minimum absolute atomic E-state index is 0.201. The first-order valence-corrected chi connectivity index (χ1v) is 8.75. The number of benzene rings is 2. The van der Waals surface area contributed by atoms with Gasteiger partial charge in [0.2, 0.25) is 0 Å². The molecule has 3 aromatic rings. The largest absolute Gasteiger partial charge is 0.396 e. The van der Waals surface area contributed by atoms with Crippen LogP contribution in [0.1, 0.15) is 29.2 Å². The number of aliphatic hydroxyl groups excluding tert-OH is 1. The van der Waals surface area contributed by atoms with E-state index in [1.165, 1.54) is 11.1 Å². The first-order valence-electron chi connectivity index (χ1n) is 8.75. The number of aliphatic hydroxyl groups is 1. The van der Waals surface area contributed by atoms with Crippen molar-refractivity contribution < 1.29 is 5.11 Å². The summed E-state index contributed by atoms with van der Waals surface area (Å²) in [5.74, 6) is 0.315. The fourth-order valence-corrected chi connectivity index (χ4v) is 3.03. The fourth-order valence-electron chi connectivity index (χ4n) is 3.03. The molecule has 0 aliphatic heterocycles. The van der Waals surface area contributed by atoms with E-state index in [9.17, 15) is 5.11 Å². The van der Waals surface area contributed by atoms with Crippen LogP contribution in [0.15, 0.2) is 66.9 Å². The summed E-state index contributed by atoms with van der Waals surface area (Å²) in [6.45, 7) is 3.85. The Morgan fingerprint density at radius 2 is 1.72 bits per heavy atom. The Kier molecular flexibility index (Phi) is 5.99. The summed E-state index contributed by atoms with van der Waals surface area (Å²) in [5.41, 5.74) is 4.56. The molecule has 25 heavy (non-hydrogen) atoms. The van der Waals surface area contributed by atoms with Crippen molar-refractivity contribution in [3.8, 4) is 5.69 Å². The number of para-hydroxylation sites is 1. The molecule has 1 unspecified atom stereocenters. The Bertz CT molecular complexity index is 768. The zero-order valence-corrected chi connectivity index (χ0v) is 14.6. The summed E-state index contributed by atoms with van der Waals surface area (Å²) in [6, 6.07) is 20.5. The number of nitrogens with one attached hydrogen (secondary N) is 1. The molecular weight excluding hydrogens is 310 g/mol. The third-order valence-corrected chi connectivity index (χ3v) is 4.48. The third kappa shape index (κ3) is 4.56. The molecule has 0 aliphatic carbocycles. The summed E-state index contributed by atoms with van der Waals surface area (Å²) >= 11 is 0. The van der Waals surface area contributed by atoms with Crippen LogP contribution in [0.5, 0.6) is 0 Å². The molecule has 2 N–H and O–H groups in total. The second-order valence-electron chi connectivity index (χ2n) is 6.27. The number of hydrogen-bond acceptors (Lipinski definition) is 3. The number of rotatable bonds is 8. The molecule has 4 heteroatoms. The van der Waals surface area contributed by atoms with Gasteiger partial charge in [0.1, 0.15) is 0 Å². The summed E-state index contributed by atoms with van der Waals surface area (Å²) in [7, 11) is 0. The molecule has 0 spiro atoms. The second-order valence-corrected chi connectivity index (χ2v) is 6.27. The molecule has 0 amide bonds. The number of aryl methyl sites for hydroxylation is 1. The highest BCUT2D eigenvalue weighted by molar-refractivity contribution is 5.32. The normalized spacial score (nSPS) is 12.2. The van der Waals surface area contributed by atoms with Crippen molar-refractivity contribution in [1.29, 1.82) is 0 Å². The van der Waals surface area contributed by atoms with E-state index in [4.69, 9.17) is 0 Å². The lowest BCUT2D eigenvalue weighted by molar-refractivity contribution is 0.273. The Morgan fingerprint density at radius 1 is 1.04 bits per heavy atom. The minimum Gasteiger partial charge on any atom is -0.396 e. The van der Waals surface area contributed by atoms with Crippen LogP contribution >= 0.6 is 0 Å². The smallest absolute Gasteiger partial charge is 0.0645 e. The average Bonchev–Trinajstić information content (AvgIpc) is 3.03. The maximum Gasteiger partial charge on any atom is 0.0645 e. The van der Waals surface area contributed by atoms with E-state index in [1.807, 2.05) is 48.0 Å². The van der Waals surface area contributed by atoms with E-state index in [0.29, 0.717) is 5.92 Å². The van der Waals surface area contributed by atoms with Crippen LogP contribution in [-0.4, -0.2) is 28.0 Å².